The maximum Gasteiger partial charge on any atom is 1.00 e. The van der Waals surface area contributed by atoms with Gasteiger partial charge in [0.15, 0.2) is 0 Å². The van der Waals surface area contributed by atoms with Gasteiger partial charge in [0.1, 0.15) is 0 Å². The van der Waals surface area contributed by atoms with Gasteiger partial charge in [-0.1, -0.05) is 65.2 Å². The summed E-state index contributed by atoms with van der Waals surface area (Å²) in [5, 5.41) is 0. The SMILES string of the molecule is CCCCCCCCCCCC(=O)OC(CC)S(=O)(=O)O.[H-].[Na+]. The van der Waals surface area contributed by atoms with Crippen molar-refractivity contribution in [3.63, 3.8) is 0 Å². The zero-order valence-corrected chi connectivity index (χ0v) is 17.2. The predicted molar refractivity (Wildman–Crippen MR) is 84.7 cm³/mol. The quantitative estimate of drug-likeness (QED) is 0.234. The van der Waals surface area contributed by atoms with Gasteiger partial charge in [0.05, 0.1) is 0 Å². The first-order valence-electron chi connectivity index (χ1n) is 8.07. The molecule has 1 unspecified atom stereocenters. The van der Waals surface area contributed by atoms with Crippen LogP contribution in [-0.4, -0.2) is 24.4 Å². The minimum Gasteiger partial charge on any atom is -1.00 e. The van der Waals surface area contributed by atoms with Crippen molar-refractivity contribution in [3.05, 3.63) is 0 Å². The molecule has 1 N–H and O–H groups in total. The molecule has 0 radical (unpaired) electrons. The number of hydrogen-bond acceptors (Lipinski definition) is 4. The zero-order chi connectivity index (χ0) is 16.1. The summed E-state index contributed by atoms with van der Waals surface area (Å²) in [6.45, 7) is 3.74. The first kappa shape index (κ1) is 24.6. The van der Waals surface area contributed by atoms with E-state index in [1.165, 1.54) is 38.5 Å². The summed E-state index contributed by atoms with van der Waals surface area (Å²) in [6, 6.07) is 0. The maximum absolute atomic E-state index is 11.5. The van der Waals surface area contributed by atoms with Crippen LogP contribution < -0.4 is 29.6 Å². The smallest absolute Gasteiger partial charge is 1.00 e. The molecule has 0 fully saturated rings. The van der Waals surface area contributed by atoms with Gasteiger partial charge in [-0.3, -0.25) is 9.35 Å². The van der Waals surface area contributed by atoms with Crippen LogP contribution in [0.2, 0.25) is 0 Å². The molecule has 0 aliphatic carbocycles. The van der Waals surface area contributed by atoms with E-state index in [9.17, 15) is 13.2 Å². The van der Waals surface area contributed by atoms with Gasteiger partial charge in [0, 0.05) is 6.42 Å². The van der Waals surface area contributed by atoms with Crippen molar-refractivity contribution in [2.45, 2.75) is 89.9 Å². The van der Waals surface area contributed by atoms with Crippen molar-refractivity contribution < 1.29 is 53.5 Å². The summed E-state index contributed by atoms with van der Waals surface area (Å²) >= 11 is 0. The van der Waals surface area contributed by atoms with Crippen molar-refractivity contribution in [2.75, 3.05) is 0 Å². The third-order valence-electron chi connectivity index (χ3n) is 3.41. The van der Waals surface area contributed by atoms with Crippen LogP contribution in [0.15, 0.2) is 0 Å². The van der Waals surface area contributed by atoms with Crippen LogP contribution in [0, 0.1) is 0 Å². The van der Waals surface area contributed by atoms with E-state index in [1.54, 1.807) is 6.92 Å². The van der Waals surface area contributed by atoms with Crippen LogP contribution >= 0.6 is 0 Å². The Bertz CT molecular complexity index is 376. The van der Waals surface area contributed by atoms with Crippen LogP contribution in [0.4, 0.5) is 0 Å². The van der Waals surface area contributed by atoms with E-state index in [2.05, 4.69) is 6.92 Å². The van der Waals surface area contributed by atoms with Crippen molar-refractivity contribution >= 4 is 16.1 Å². The number of rotatable bonds is 13. The molecule has 1 atom stereocenters. The van der Waals surface area contributed by atoms with Crippen molar-refractivity contribution in [1.29, 1.82) is 0 Å². The fourth-order valence-electron chi connectivity index (χ4n) is 2.14. The second-order valence-electron chi connectivity index (χ2n) is 5.42. The van der Waals surface area contributed by atoms with Crippen LogP contribution in [0.25, 0.3) is 0 Å². The second-order valence-corrected chi connectivity index (χ2v) is 6.98. The fraction of sp³-hybridized carbons (Fsp3) is 0.933. The van der Waals surface area contributed by atoms with Crippen molar-refractivity contribution in [3.8, 4) is 0 Å². The molecular weight excluding hydrogens is 315 g/mol. The standard InChI is InChI=1S/C15H30O5S.Na.H/c1-3-5-6-7-8-9-10-11-12-13-14(16)20-15(4-2)21(17,18)19;;/h15H,3-13H2,1-2H3,(H,17,18,19);;/q;+1;-1. The summed E-state index contributed by atoms with van der Waals surface area (Å²) < 4.78 is 35.4. The third kappa shape index (κ3) is 14.0. The average molecular weight is 346 g/mol. The van der Waals surface area contributed by atoms with E-state index in [0.717, 1.165) is 12.8 Å². The van der Waals surface area contributed by atoms with Gasteiger partial charge in [0.2, 0.25) is 5.44 Å². The van der Waals surface area contributed by atoms with Gasteiger partial charge in [-0.2, -0.15) is 8.42 Å². The first-order valence-corrected chi connectivity index (χ1v) is 9.57. The van der Waals surface area contributed by atoms with Gasteiger partial charge >= 0.3 is 45.6 Å². The Morgan fingerprint density at radius 1 is 1.00 bits per heavy atom. The number of ether oxygens (including phenoxy) is 1. The number of unbranched alkanes of at least 4 members (excludes halogenated alkanes) is 8. The normalized spacial score (nSPS) is 12.5. The van der Waals surface area contributed by atoms with E-state index < -0.39 is 21.5 Å². The molecule has 0 aliphatic heterocycles. The fourth-order valence-corrected chi connectivity index (χ4v) is 2.79. The minimum absolute atomic E-state index is 0. The Kier molecular flexibility index (Phi) is 16.7. The van der Waals surface area contributed by atoms with Gasteiger partial charge in [0.25, 0.3) is 0 Å². The van der Waals surface area contributed by atoms with Crippen molar-refractivity contribution in [2.24, 2.45) is 0 Å². The molecule has 128 valence electrons. The summed E-state index contributed by atoms with van der Waals surface area (Å²) in [5.74, 6) is -0.553. The van der Waals surface area contributed by atoms with Gasteiger partial charge < -0.3 is 6.16 Å². The van der Waals surface area contributed by atoms with Gasteiger partial charge in [-0.05, 0) is 12.8 Å². The van der Waals surface area contributed by atoms with Crippen molar-refractivity contribution in [1.82, 2.24) is 0 Å². The molecule has 7 heteroatoms. The number of carbonyl (C=O) groups excluding carboxylic acids is 1. The summed E-state index contributed by atoms with van der Waals surface area (Å²) in [4.78, 5) is 11.5. The second kappa shape index (κ2) is 14.9. The molecule has 22 heavy (non-hydrogen) atoms. The molecule has 0 aromatic carbocycles. The third-order valence-corrected chi connectivity index (χ3v) is 4.51. The molecule has 0 heterocycles. The molecule has 0 aromatic rings. The van der Waals surface area contributed by atoms with Gasteiger partial charge in [-0.15, -0.1) is 0 Å². The van der Waals surface area contributed by atoms with E-state index >= 15 is 0 Å². The molecule has 0 rings (SSSR count). The maximum atomic E-state index is 11.5. The molecule has 0 aromatic heterocycles. The molecule has 0 bridgehead atoms. The van der Waals surface area contributed by atoms with Crippen LogP contribution in [0.3, 0.4) is 0 Å². The molecular formula is C15H31NaO5S. The number of carbonyl (C=O) groups is 1. The van der Waals surface area contributed by atoms with Gasteiger partial charge in [-0.25, -0.2) is 0 Å². The van der Waals surface area contributed by atoms with Crippen LogP contribution in [0.1, 0.15) is 85.9 Å². The summed E-state index contributed by atoms with van der Waals surface area (Å²) in [5.41, 5.74) is -1.43. The van der Waals surface area contributed by atoms with E-state index in [-0.39, 0.29) is 43.8 Å². The zero-order valence-electron chi connectivity index (χ0n) is 15.3. The van der Waals surface area contributed by atoms with Crippen LogP contribution in [0.5, 0.6) is 0 Å². The Balaban J connectivity index is -0.00000200. The number of hydrogen-bond donors (Lipinski definition) is 1. The van der Waals surface area contributed by atoms with Crippen LogP contribution in [-0.2, 0) is 19.6 Å². The molecule has 0 saturated heterocycles. The van der Waals surface area contributed by atoms with E-state index in [0.29, 0.717) is 6.42 Å². The molecule has 5 nitrogen and oxygen atoms in total. The topological polar surface area (TPSA) is 80.7 Å². The Morgan fingerprint density at radius 2 is 1.45 bits per heavy atom. The van der Waals surface area contributed by atoms with E-state index in [4.69, 9.17) is 9.29 Å². The summed E-state index contributed by atoms with van der Waals surface area (Å²) in [6.07, 6.45) is 10.6. The van der Waals surface area contributed by atoms with E-state index in [1.807, 2.05) is 0 Å². The Morgan fingerprint density at radius 3 is 1.86 bits per heavy atom. The molecule has 0 amide bonds. The Labute approximate surface area is 159 Å². The minimum atomic E-state index is -4.30. The predicted octanol–water partition coefficient (Wildman–Crippen LogP) is 1.19. The Hall–Kier alpha value is 0.380. The molecule has 0 aliphatic rings. The first-order chi connectivity index (χ1) is 9.91. The molecule has 0 spiro atoms. The average Bonchev–Trinajstić information content (AvgIpc) is 2.41. The number of esters is 1. The monoisotopic (exact) mass is 346 g/mol. The largest absolute Gasteiger partial charge is 1.00 e. The molecule has 0 saturated carbocycles. The summed E-state index contributed by atoms with van der Waals surface area (Å²) in [7, 11) is -4.30.